The number of aromatic nitrogens is 4. The van der Waals surface area contributed by atoms with E-state index >= 15 is 0 Å². The van der Waals surface area contributed by atoms with E-state index in [2.05, 4.69) is 15.1 Å². The van der Waals surface area contributed by atoms with Crippen LogP contribution in [0.4, 0.5) is 0 Å². The maximum atomic E-state index is 5.37. The van der Waals surface area contributed by atoms with Gasteiger partial charge in [0.05, 0.1) is 17.6 Å². The van der Waals surface area contributed by atoms with E-state index in [1.54, 1.807) is 0 Å². The number of imidazole rings is 1. The van der Waals surface area contributed by atoms with Gasteiger partial charge in [0.25, 0.3) is 5.89 Å². The van der Waals surface area contributed by atoms with E-state index in [0.717, 1.165) is 24.1 Å². The summed E-state index contributed by atoms with van der Waals surface area (Å²) >= 11 is 0. The fraction of sp³-hybridized carbons (Fsp3) is 0.357. The van der Waals surface area contributed by atoms with Crippen molar-refractivity contribution >= 4 is 11.0 Å². The minimum atomic E-state index is 0.238. The highest BCUT2D eigenvalue weighted by Gasteiger charge is 2.24. The monoisotopic (exact) mass is 270 g/mol. The van der Waals surface area contributed by atoms with Gasteiger partial charge >= 0.3 is 0 Å². The molecular formula is C14H14N4O2. The van der Waals surface area contributed by atoms with Crippen molar-refractivity contribution in [1.29, 1.82) is 0 Å². The molecule has 4 rings (SSSR count). The lowest BCUT2D eigenvalue weighted by atomic mass is 10.1. The van der Waals surface area contributed by atoms with Crippen LogP contribution in [0.3, 0.4) is 0 Å². The Hall–Kier alpha value is -2.21. The number of fused-ring (bicyclic) bond motifs is 1. The molecule has 6 heteroatoms. The molecule has 1 fully saturated rings. The van der Waals surface area contributed by atoms with Crippen molar-refractivity contribution < 1.29 is 9.26 Å². The number of para-hydroxylation sites is 2. The molecule has 20 heavy (non-hydrogen) atoms. The molecule has 0 N–H and O–H groups in total. The number of hydrogen-bond acceptors (Lipinski definition) is 5. The van der Waals surface area contributed by atoms with Gasteiger partial charge in [0.1, 0.15) is 0 Å². The van der Waals surface area contributed by atoms with Gasteiger partial charge in [-0.25, -0.2) is 4.98 Å². The van der Waals surface area contributed by atoms with Crippen LogP contribution in [0.2, 0.25) is 0 Å². The highest BCUT2D eigenvalue weighted by Crippen LogP contribution is 2.26. The summed E-state index contributed by atoms with van der Waals surface area (Å²) in [5, 5.41) is 4.07. The Bertz CT molecular complexity index is 755. The molecule has 1 aliphatic heterocycles. The molecule has 0 amide bonds. The van der Waals surface area contributed by atoms with E-state index in [9.17, 15) is 0 Å². The Balaban J connectivity index is 1.77. The molecule has 0 saturated carbocycles. The summed E-state index contributed by atoms with van der Waals surface area (Å²) in [5.41, 5.74) is 1.97. The van der Waals surface area contributed by atoms with Crippen LogP contribution in [0.25, 0.3) is 22.7 Å². The van der Waals surface area contributed by atoms with Gasteiger partial charge < -0.3 is 13.8 Å². The lowest BCUT2D eigenvalue weighted by molar-refractivity contribution is 0.192. The number of hydrogen-bond donors (Lipinski definition) is 0. The first-order valence-corrected chi connectivity index (χ1v) is 6.66. The Morgan fingerprint density at radius 1 is 1.25 bits per heavy atom. The maximum Gasteiger partial charge on any atom is 0.293 e. The van der Waals surface area contributed by atoms with Crippen LogP contribution in [-0.4, -0.2) is 32.9 Å². The zero-order valence-corrected chi connectivity index (χ0v) is 11.1. The van der Waals surface area contributed by atoms with E-state index in [4.69, 9.17) is 9.26 Å². The van der Waals surface area contributed by atoms with Crippen molar-refractivity contribution in [3.05, 3.63) is 30.1 Å². The third kappa shape index (κ3) is 1.72. The summed E-state index contributed by atoms with van der Waals surface area (Å²) in [4.78, 5) is 9.04. The molecule has 6 nitrogen and oxygen atoms in total. The molecule has 3 heterocycles. The molecule has 0 aliphatic carbocycles. The van der Waals surface area contributed by atoms with Crippen molar-refractivity contribution in [2.75, 3.05) is 13.2 Å². The lowest BCUT2D eigenvalue weighted by Crippen LogP contribution is -2.00. The first kappa shape index (κ1) is 11.6. The first-order chi connectivity index (χ1) is 9.83. The van der Waals surface area contributed by atoms with Crippen molar-refractivity contribution in [2.45, 2.75) is 12.3 Å². The average molecular weight is 270 g/mol. The average Bonchev–Trinajstić information content (AvgIpc) is 3.17. The van der Waals surface area contributed by atoms with Crippen LogP contribution in [-0.2, 0) is 11.8 Å². The Labute approximate surface area is 115 Å². The second kappa shape index (κ2) is 4.42. The molecule has 1 aromatic carbocycles. The van der Waals surface area contributed by atoms with Crippen molar-refractivity contribution in [3.8, 4) is 11.7 Å². The molecular weight excluding hydrogens is 256 g/mol. The zero-order chi connectivity index (χ0) is 13.5. The summed E-state index contributed by atoms with van der Waals surface area (Å²) in [5.74, 6) is 2.11. The van der Waals surface area contributed by atoms with Gasteiger partial charge in [-0.2, -0.15) is 4.98 Å². The van der Waals surface area contributed by atoms with E-state index in [1.165, 1.54) is 0 Å². The molecule has 102 valence electrons. The van der Waals surface area contributed by atoms with Crippen molar-refractivity contribution in [1.82, 2.24) is 19.7 Å². The van der Waals surface area contributed by atoms with Crippen LogP contribution in [0.5, 0.6) is 0 Å². The number of aryl methyl sites for hydroxylation is 1. The normalized spacial score (nSPS) is 18.9. The predicted molar refractivity (Wildman–Crippen MR) is 72.2 cm³/mol. The number of rotatable bonds is 2. The minimum absolute atomic E-state index is 0.238. The molecule has 1 saturated heterocycles. The van der Waals surface area contributed by atoms with E-state index in [0.29, 0.717) is 24.1 Å². The van der Waals surface area contributed by atoms with Crippen LogP contribution < -0.4 is 0 Å². The fourth-order valence-electron chi connectivity index (χ4n) is 2.57. The molecule has 0 spiro atoms. The third-order valence-corrected chi connectivity index (χ3v) is 3.72. The van der Waals surface area contributed by atoms with Gasteiger partial charge in [-0.15, -0.1) is 0 Å². The summed E-state index contributed by atoms with van der Waals surface area (Å²) in [6.07, 6.45) is 0.946. The van der Waals surface area contributed by atoms with E-state index < -0.39 is 0 Å². The third-order valence-electron chi connectivity index (χ3n) is 3.72. The number of ether oxygens (including phenoxy) is 1. The van der Waals surface area contributed by atoms with Crippen LogP contribution in [0, 0.1) is 0 Å². The first-order valence-electron chi connectivity index (χ1n) is 6.66. The van der Waals surface area contributed by atoms with Gasteiger partial charge in [-0.1, -0.05) is 17.3 Å². The van der Waals surface area contributed by atoms with Gasteiger partial charge in [-0.3, -0.25) is 0 Å². The Kier molecular flexibility index (Phi) is 2.56. The molecule has 1 aliphatic rings. The molecule has 1 atom stereocenters. The second-order valence-corrected chi connectivity index (χ2v) is 5.00. The summed E-state index contributed by atoms with van der Waals surface area (Å²) in [7, 11) is 1.95. The van der Waals surface area contributed by atoms with Crippen LogP contribution in [0.1, 0.15) is 18.2 Å². The van der Waals surface area contributed by atoms with E-state index in [1.807, 2.05) is 35.9 Å². The van der Waals surface area contributed by atoms with Gasteiger partial charge in [0.15, 0.2) is 11.6 Å². The number of benzene rings is 1. The maximum absolute atomic E-state index is 5.37. The molecule has 3 aromatic rings. The van der Waals surface area contributed by atoms with E-state index in [-0.39, 0.29) is 5.92 Å². The smallest absolute Gasteiger partial charge is 0.293 e. The van der Waals surface area contributed by atoms with Crippen LogP contribution in [0.15, 0.2) is 28.8 Å². The fourth-order valence-corrected chi connectivity index (χ4v) is 2.57. The Morgan fingerprint density at radius 3 is 2.95 bits per heavy atom. The summed E-state index contributed by atoms with van der Waals surface area (Å²) in [6, 6.07) is 7.95. The quantitative estimate of drug-likeness (QED) is 0.713. The Morgan fingerprint density at radius 2 is 2.15 bits per heavy atom. The van der Waals surface area contributed by atoms with Crippen molar-refractivity contribution in [3.63, 3.8) is 0 Å². The molecule has 0 bridgehead atoms. The van der Waals surface area contributed by atoms with Crippen LogP contribution >= 0.6 is 0 Å². The van der Waals surface area contributed by atoms with Gasteiger partial charge in [0.2, 0.25) is 0 Å². The standard InChI is InChI=1S/C14H14N4O2/c1-18-11-5-3-2-4-10(11)15-13(18)14-16-12(17-20-14)9-6-7-19-8-9/h2-5,9H,6-8H2,1H3/t9-/m0/s1. The molecule has 0 unspecified atom stereocenters. The highest BCUT2D eigenvalue weighted by molar-refractivity contribution is 5.79. The lowest BCUT2D eigenvalue weighted by Gasteiger charge is -1.98. The zero-order valence-electron chi connectivity index (χ0n) is 11.1. The van der Waals surface area contributed by atoms with Gasteiger partial charge in [0, 0.05) is 19.6 Å². The minimum Gasteiger partial charge on any atom is -0.381 e. The van der Waals surface area contributed by atoms with Crippen molar-refractivity contribution in [2.24, 2.45) is 7.05 Å². The largest absolute Gasteiger partial charge is 0.381 e. The highest BCUT2D eigenvalue weighted by atomic mass is 16.5. The SMILES string of the molecule is Cn1c(-c2nc([C@H]3CCOC3)no2)nc2ccccc21. The summed E-state index contributed by atoms with van der Waals surface area (Å²) in [6.45, 7) is 1.43. The van der Waals surface area contributed by atoms with Gasteiger partial charge in [-0.05, 0) is 18.6 Å². The number of nitrogens with zero attached hydrogens (tertiary/aromatic N) is 4. The second-order valence-electron chi connectivity index (χ2n) is 5.00. The molecule has 0 radical (unpaired) electrons. The predicted octanol–water partition coefficient (Wildman–Crippen LogP) is 2.13. The topological polar surface area (TPSA) is 66.0 Å². The molecule has 2 aromatic heterocycles. The summed E-state index contributed by atoms with van der Waals surface area (Å²) < 4.78 is 12.7.